The molecule has 1 fully saturated rings. The minimum absolute atomic E-state index is 0.0720. The van der Waals surface area contributed by atoms with Gasteiger partial charge in [0.05, 0.1) is 27.5 Å². The van der Waals surface area contributed by atoms with Crippen molar-refractivity contribution in [2.45, 2.75) is 30.6 Å². The van der Waals surface area contributed by atoms with Crippen LogP contribution in [0.2, 0.25) is 0 Å². The van der Waals surface area contributed by atoms with Crippen molar-refractivity contribution in [3.8, 4) is 0 Å². The number of alkyl halides is 5. The largest absolute Gasteiger partial charge is 0.416 e. The number of nitrogens with zero attached hydrogens (tertiary/aromatic N) is 4. The van der Waals surface area contributed by atoms with E-state index in [2.05, 4.69) is 4.98 Å². The van der Waals surface area contributed by atoms with Crippen molar-refractivity contribution >= 4 is 21.1 Å². The summed E-state index contributed by atoms with van der Waals surface area (Å²) in [6.45, 7) is -0.386. The number of benzene rings is 2. The molecule has 0 radical (unpaired) electrons. The van der Waals surface area contributed by atoms with E-state index >= 15 is 0 Å². The van der Waals surface area contributed by atoms with E-state index in [0.29, 0.717) is 11.0 Å². The monoisotopic (exact) mass is 488 g/mol. The normalized spacial score (nSPS) is 17.7. The zero-order valence-corrected chi connectivity index (χ0v) is 18.3. The molecule has 6 nitrogen and oxygen atoms in total. The second-order valence-corrected chi connectivity index (χ2v) is 9.68. The fourth-order valence-electron chi connectivity index (χ4n) is 4.02. The molecule has 33 heavy (non-hydrogen) atoms. The molecular formula is C21H21F5N4O2S. The highest BCUT2D eigenvalue weighted by Gasteiger charge is 2.34. The van der Waals surface area contributed by atoms with Crippen LogP contribution in [0.5, 0.6) is 0 Å². The molecule has 0 aliphatic carbocycles. The van der Waals surface area contributed by atoms with Gasteiger partial charge in [-0.15, -0.1) is 0 Å². The minimum Gasteiger partial charge on any atom is -0.291 e. The third kappa shape index (κ3) is 4.46. The molecule has 178 valence electrons. The summed E-state index contributed by atoms with van der Waals surface area (Å²) < 4.78 is 93.6. The molecule has 2 heterocycles. The Hall–Kier alpha value is -2.57. The molecule has 1 aliphatic rings. The third-order valence-electron chi connectivity index (χ3n) is 5.83. The molecule has 3 aromatic rings. The molecule has 0 spiro atoms. The Bertz CT molecular complexity index is 1230. The number of imidazole rings is 1. The Balaban J connectivity index is 1.50. The SMILES string of the molecule is CC(c1nc2ccccc2n1C(F)F)N1CCN(S(=O)(=O)c2ccc(C(F)(F)F)cc2)CC1. The van der Waals surface area contributed by atoms with Crippen molar-refractivity contribution in [3.05, 3.63) is 59.9 Å². The van der Waals surface area contributed by atoms with E-state index in [4.69, 9.17) is 0 Å². The Morgan fingerprint density at radius 3 is 2.12 bits per heavy atom. The first-order valence-electron chi connectivity index (χ1n) is 10.2. The lowest BCUT2D eigenvalue weighted by Gasteiger charge is -2.37. The molecular weight excluding hydrogens is 467 g/mol. The molecule has 1 aliphatic heterocycles. The molecule has 1 atom stereocenters. The second-order valence-electron chi connectivity index (χ2n) is 7.74. The highest BCUT2D eigenvalue weighted by atomic mass is 32.2. The van der Waals surface area contributed by atoms with Crippen LogP contribution in [0.1, 0.15) is 30.9 Å². The molecule has 0 N–H and O–H groups in total. The van der Waals surface area contributed by atoms with Crippen LogP contribution in [-0.2, 0) is 16.2 Å². The maximum Gasteiger partial charge on any atom is 0.416 e. The van der Waals surface area contributed by atoms with Crippen molar-refractivity contribution < 1.29 is 30.4 Å². The Morgan fingerprint density at radius 1 is 0.939 bits per heavy atom. The van der Waals surface area contributed by atoms with Gasteiger partial charge in [-0.1, -0.05) is 12.1 Å². The van der Waals surface area contributed by atoms with Crippen LogP contribution in [0.3, 0.4) is 0 Å². The van der Waals surface area contributed by atoms with Gasteiger partial charge in [-0.05, 0) is 43.3 Å². The van der Waals surface area contributed by atoms with E-state index in [0.717, 1.165) is 28.8 Å². The molecule has 0 bridgehead atoms. The first-order valence-corrected chi connectivity index (χ1v) is 11.6. The van der Waals surface area contributed by atoms with Gasteiger partial charge in [0.15, 0.2) is 0 Å². The number of hydrogen-bond acceptors (Lipinski definition) is 4. The second kappa shape index (κ2) is 8.65. The van der Waals surface area contributed by atoms with Crippen molar-refractivity contribution in [1.29, 1.82) is 0 Å². The van der Waals surface area contributed by atoms with Crippen LogP contribution >= 0.6 is 0 Å². The number of para-hydroxylation sites is 2. The zero-order valence-electron chi connectivity index (χ0n) is 17.5. The van der Waals surface area contributed by atoms with Crippen molar-refractivity contribution in [1.82, 2.24) is 18.8 Å². The summed E-state index contributed by atoms with van der Waals surface area (Å²) in [5, 5.41) is 0. The number of aromatic nitrogens is 2. The average Bonchev–Trinajstić information content (AvgIpc) is 3.18. The lowest BCUT2D eigenvalue weighted by atomic mass is 10.2. The van der Waals surface area contributed by atoms with Crippen molar-refractivity contribution in [2.75, 3.05) is 26.2 Å². The van der Waals surface area contributed by atoms with E-state index in [1.807, 2.05) is 4.90 Å². The van der Waals surface area contributed by atoms with Gasteiger partial charge in [-0.3, -0.25) is 9.47 Å². The summed E-state index contributed by atoms with van der Waals surface area (Å²) in [6, 6.07) is 9.45. The van der Waals surface area contributed by atoms with E-state index in [9.17, 15) is 30.4 Å². The smallest absolute Gasteiger partial charge is 0.291 e. The molecule has 2 aromatic carbocycles. The highest BCUT2D eigenvalue weighted by molar-refractivity contribution is 7.89. The zero-order chi connectivity index (χ0) is 24.0. The van der Waals surface area contributed by atoms with Crippen LogP contribution in [0.25, 0.3) is 11.0 Å². The summed E-state index contributed by atoms with van der Waals surface area (Å²) in [5.41, 5.74) is -0.164. The van der Waals surface area contributed by atoms with Crippen molar-refractivity contribution in [3.63, 3.8) is 0 Å². The van der Waals surface area contributed by atoms with Crippen LogP contribution in [-0.4, -0.2) is 53.4 Å². The first-order chi connectivity index (χ1) is 15.5. The maximum absolute atomic E-state index is 13.8. The molecule has 4 rings (SSSR count). The number of sulfonamides is 1. The van der Waals surface area contributed by atoms with Gasteiger partial charge in [-0.25, -0.2) is 13.4 Å². The molecule has 1 unspecified atom stereocenters. The fraction of sp³-hybridized carbons (Fsp3) is 0.381. The third-order valence-corrected chi connectivity index (χ3v) is 7.75. The van der Waals surface area contributed by atoms with E-state index < -0.39 is 34.4 Å². The fourth-order valence-corrected chi connectivity index (χ4v) is 5.44. The van der Waals surface area contributed by atoms with Gasteiger partial charge < -0.3 is 0 Å². The summed E-state index contributed by atoms with van der Waals surface area (Å²) in [4.78, 5) is 6.00. The Kier molecular flexibility index (Phi) is 6.18. The van der Waals surface area contributed by atoms with E-state index in [-0.39, 0.29) is 36.9 Å². The number of fused-ring (bicyclic) bond motifs is 1. The van der Waals surface area contributed by atoms with Gasteiger partial charge in [0.25, 0.3) is 0 Å². The molecule has 1 saturated heterocycles. The molecule has 12 heteroatoms. The predicted molar refractivity (Wildman–Crippen MR) is 111 cm³/mol. The molecule has 0 saturated carbocycles. The summed E-state index contributed by atoms with van der Waals surface area (Å²) in [5.74, 6) is 0.185. The van der Waals surface area contributed by atoms with Crippen molar-refractivity contribution in [2.24, 2.45) is 0 Å². The Labute approximate surface area is 187 Å². The topological polar surface area (TPSA) is 58.4 Å². The van der Waals surface area contributed by atoms with Gasteiger partial charge in [0.2, 0.25) is 10.0 Å². The standard InChI is InChI=1S/C21H21F5N4O2S/c1-14(19-27-17-4-2-3-5-18(17)30(19)20(22)23)28-10-12-29(13-11-28)33(31,32)16-8-6-15(7-9-16)21(24,25)26/h2-9,14,20H,10-13H2,1H3. The van der Waals surface area contributed by atoms with E-state index in [1.165, 1.54) is 4.31 Å². The van der Waals surface area contributed by atoms with Gasteiger partial charge in [-0.2, -0.15) is 26.3 Å². The number of rotatable bonds is 5. The highest BCUT2D eigenvalue weighted by Crippen LogP contribution is 2.32. The maximum atomic E-state index is 13.8. The van der Waals surface area contributed by atoms with Gasteiger partial charge in [0.1, 0.15) is 5.82 Å². The van der Waals surface area contributed by atoms with Crippen LogP contribution in [0.4, 0.5) is 22.0 Å². The lowest BCUT2D eigenvalue weighted by Crippen LogP contribution is -2.49. The molecule has 0 amide bonds. The first kappa shape index (κ1) is 23.6. The molecule has 1 aromatic heterocycles. The summed E-state index contributed by atoms with van der Waals surface area (Å²) in [6.07, 6.45) is -4.56. The number of hydrogen-bond donors (Lipinski definition) is 0. The average molecular weight is 488 g/mol. The minimum atomic E-state index is -4.56. The predicted octanol–water partition coefficient (Wildman–Crippen LogP) is 4.52. The van der Waals surface area contributed by atoms with Crippen LogP contribution in [0.15, 0.2) is 53.4 Å². The van der Waals surface area contributed by atoms with E-state index in [1.54, 1.807) is 31.2 Å². The van der Waals surface area contributed by atoms with Gasteiger partial charge >= 0.3 is 12.7 Å². The quantitative estimate of drug-likeness (QED) is 0.496. The number of piperazine rings is 1. The van der Waals surface area contributed by atoms with Crippen LogP contribution in [0, 0.1) is 0 Å². The summed E-state index contributed by atoms with van der Waals surface area (Å²) >= 11 is 0. The van der Waals surface area contributed by atoms with Crippen LogP contribution < -0.4 is 0 Å². The Morgan fingerprint density at radius 2 is 1.55 bits per heavy atom. The summed E-state index contributed by atoms with van der Waals surface area (Å²) in [7, 11) is -3.98. The number of halogens is 5. The van der Waals surface area contributed by atoms with Gasteiger partial charge in [0, 0.05) is 26.2 Å². The lowest BCUT2D eigenvalue weighted by molar-refractivity contribution is -0.137.